The summed E-state index contributed by atoms with van der Waals surface area (Å²) in [5.74, 6) is 0. The van der Waals surface area contributed by atoms with Gasteiger partial charge in [-0.3, -0.25) is 0 Å². The summed E-state index contributed by atoms with van der Waals surface area (Å²) in [6.07, 6.45) is 0. The Kier molecular flexibility index (Phi) is 4.65. The summed E-state index contributed by atoms with van der Waals surface area (Å²) in [4.78, 5) is 0. The van der Waals surface area contributed by atoms with Gasteiger partial charge in [-0.05, 0) is 39.0 Å². The Morgan fingerprint density at radius 2 is 0.800 bits per heavy atom. The lowest BCUT2D eigenvalue weighted by atomic mass is 9.68. The van der Waals surface area contributed by atoms with Gasteiger partial charge in [-0.15, -0.1) is 0 Å². The fraction of sp³-hybridized carbons (Fsp3) is 0.667. The molecule has 0 nitrogen and oxygen atoms in total. The Balaban J connectivity index is 3.97. The van der Waals surface area contributed by atoms with Gasteiger partial charge in [0, 0.05) is 10.0 Å². The second-order valence-electron chi connectivity index (χ2n) is 8.72. The van der Waals surface area contributed by atoms with Gasteiger partial charge in [0.15, 0.2) is 0 Å². The molecule has 20 heavy (non-hydrogen) atoms. The van der Waals surface area contributed by atoms with Gasteiger partial charge in [-0.25, -0.2) is 0 Å². The van der Waals surface area contributed by atoms with Gasteiger partial charge in [-0.2, -0.15) is 0 Å². The normalized spacial score (nSPS) is 13.8. The molecule has 0 unspecified atom stereocenters. The molecule has 0 aromatic heterocycles. The van der Waals surface area contributed by atoms with Gasteiger partial charge in [0.2, 0.25) is 0 Å². The Hall–Kier alpha value is -0.200. The molecule has 0 N–H and O–H groups in total. The zero-order valence-corrected chi connectivity index (χ0v) is 15.8. The fourth-order valence-corrected chi connectivity index (χ4v) is 3.87. The molecule has 0 fully saturated rings. The molecule has 0 saturated carbocycles. The number of hydrogen-bond donors (Lipinski definition) is 0. The van der Waals surface area contributed by atoms with Crippen LogP contribution >= 0.6 is 23.2 Å². The van der Waals surface area contributed by atoms with Crippen LogP contribution in [-0.4, -0.2) is 0 Å². The quantitative estimate of drug-likeness (QED) is 0.489. The highest BCUT2D eigenvalue weighted by molar-refractivity contribution is 6.36. The van der Waals surface area contributed by atoms with E-state index in [1.54, 1.807) is 0 Å². The molecule has 0 aliphatic heterocycles. The minimum atomic E-state index is -0.00964. The molecule has 1 rings (SSSR count). The zero-order chi connectivity index (χ0) is 16.1. The Morgan fingerprint density at radius 1 is 0.550 bits per heavy atom. The average Bonchev–Trinajstić information content (AvgIpc) is 2.09. The van der Waals surface area contributed by atoms with Crippen molar-refractivity contribution in [1.29, 1.82) is 0 Å². The van der Waals surface area contributed by atoms with Crippen molar-refractivity contribution in [2.75, 3.05) is 0 Å². The molecule has 0 atom stereocenters. The van der Waals surface area contributed by atoms with Crippen molar-refractivity contribution in [3.05, 3.63) is 32.8 Å². The number of rotatable bonds is 0. The lowest BCUT2D eigenvalue weighted by Crippen LogP contribution is -2.28. The van der Waals surface area contributed by atoms with Crippen LogP contribution in [0.3, 0.4) is 0 Å². The highest BCUT2D eigenvalue weighted by Gasteiger charge is 2.34. The lowest BCUT2D eigenvalue weighted by molar-refractivity contribution is 0.498. The summed E-state index contributed by atoms with van der Waals surface area (Å²) >= 11 is 13.1. The lowest BCUT2D eigenvalue weighted by Gasteiger charge is -2.37. The van der Waals surface area contributed by atoms with E-state index in [4.69, 9.17) is 23.2 Å². The standard InChI is InChI=1S/C18H28Cl2/c1-16(2,3)13-11(19)10-12(20)14(17(4,5)6)15(13)18(7,8)9/h10H,1-9H3. The van der Waals surface area contributed by atoms with Crippen LogP contribution in [0.1, 0.15) is 79.0 Å². The van der Waals surface area contributed by atoms with E-state index in [1.165, 1.54) is 16.7 Å². The molecule has 0 bridgehead atoms. The van der Waals surface area contributed by atoms with Gasteiger partial charge >= 0.3 is 0 Å². The molecular formula is C18H28Cl2. The first kappa shape index (κ1) is 17.9. The van der Waals surface area contributed by atoms with Crippen molar-refractivity contribution in [3.8, 4) is 0 Å². The highest BCUT2D eigenvalue weighted by atomic mass is 35.5. The smallest absolute Gasteiger partial charge is 0.0461 e. The summed E-state index contributed by atoms with van der Waals surface area (Å²) in [5, 5.41) is 1.56. The van der Waals surface area contributed by atoms with Crippen LogP contribution in [0, 0.1) is 0 Å². The molecule has 0 aliphatic rings. The molecular weight excluding hydrogens is 287 g/mol. The van der Waals surface area contributed by atoms with Crippen molar-refractivity contribution in [3.63, 3.8) is 0 Å². The van der Waals surface area contributed by atoms with E-state index in [-0.39, 0.29) is 16.2 Å². The highest BCUT2D eigenvalue weighted by Crippen LogP contribution is 2.46. The van der Waals surface area contributed by atoms with E-state index in [9.17, 15) is 0 Å². The second-order valence-corrected chi connectivity index (χ2v) is 9.53. The third-order valence-electron chi connectivity index (χ3n) is 3.48. The van der Waals surface area contributed by atoms with Crippen LogP contribution in [0.25, 0.3) is 0 Å². The van der Waals surface area contributed by atoms with Gasteiger partial charge in [0.1, 0.15) is 0 Å². The first-order chi connectivity index (χ1) is 8.67. The molecule has 0 radical (unpaired) electrons. The molecule has 114 valence electrons. The van der Waals surface area contributed by atoms with E-state index in [0.717, 1.165) is 10.0 Å². The van der Waals surface area contributed by atoms with Gasteiger partial charge in [-0.1, -0.05) is 85.5 Å². The minimum absolute atomic E-state index is 0.000231. The average molecular weight is 315 g/mol. The van der Waals surface area contributed by atoms with Crippen molar-refractivity contribution in [1.82, 2.24) is 0 Å². The fourth-order valence-electron chi connectivity index (χ4n) is 2.84. The number of benzene rings is 1. The van der Waals surface area contributed by atoms with Gasteiger partial charge < -0.3 is 0 Å². The minimum Gasteiger partial charge on any atom is -0.0840 e. The summed E-state index contributed by atoms with van der Waals surface area (Å²) in [6.45, 7) is 20.0. The molecule has 0 amide bonds. The van der Waals surface area contributed by atoms with Crippen molar-refractivity contribution < 1.29 is 0 Å². The topological polar surface area (TPSA) is 0 Å². The van der Waals surface area contributed by atoms with Crippen molar-refractivity contribution in [2.24, 2.45) is 0 Å². The zero-order valence-electron chi connectivity index (χ0n) is 14.3. The molecule has 0 heterocycles. The summed E-state index contributed by atoms with van der Waals surface area (Å²) in [5.41, 5.74) is 3.73. The first-order valence-electron chi connectivity index (χ1n) is 7.21. The van der Waals surface area contributed by atoms with E-state index < -0.39 is 0 Å². The Bertz CT molecular complexity index is 468. The van der Waals surface area contributed by atoms with Crippen LogP contribution in [0.4, 0.5) is 0 Å². The summed E-state index contributed by atoms with van der Waals surface area (Å²) < 4.78 is 0. The van der Waals surface area contributed by atoms with Gasteiger partial charge in [0.25, 0.3) is 0 Å². The van der Waals surface area contributed by atoms with Crippen molar-refractivity contribution >= 4 is 23.2 Å². The van der Waals surface area contributed by atoms with Crippen LogP contribution in [0.5, 0.6) is 0 Å². The number of halogens is 2. The Labute approximate surface area is 134 Å². The van der Waals surface area contributed by atoms with Crippen LogP contribution in [0.15, 0.2) is 6.07 Å². The van der Waals surface area contributed by atoms with Gasteiger partial charge in [0.05, 0.1) is 0 Å². The van der Waals surface area contributed by atoms with E-state index >= 15 is 0 Å². The maximum Gasteiger partial charge on any atom is 0.0461 e. The Morgan fingerprint density at radius 3 is 1.00 bits per heavy atom. The van der Waals surface area contributed by atoms with Crippen LogP contribution in [-0.2, 0) is 16.2 Å². The van der Waals surface area contributed by atoms with Crippen LogP contribution < -0.4 is 0 Å². The SMILES string of the molecule is CC(C)(C)c1c(Cl)cc(Cl)c(C(C)(C)C)c1C(C)(C)C. The van der Waals surface area contributed by atoms with E-state index in [2.05, 4.69) is 62.3 Å². The second kappa shape index (κ2) is 5.21. The first-order valence-corrected chi connectivity index (χ1v) is 7.96. The number of hydrogen-bond acceptors (Lipinski definition) is 0. The van der Waals surface area contributed by atoms with Crippen LogP contribution in [0.2, 0.25) is 10.0 Å². The maximum atomic E-state index is 6.56. The maximum absolute atomic E-state index is 6.56. The molecule has 0 spiro atoms. The van der Waals surface area contributed by atoms with E-state index in [0.29, 0.717) is 0 Å². The monoisotopic (exact) mass is 314 g/mol. The summed E-state index contributed by atoms with van der Waals surface area (Å²) in [6, 6.07) is 1.92. The molecule has 0 saturated heterocycles. The third-order valence-corrected chi connectivity index (χ3v) is 4.08. The van der Waals surface area contributed by atoms with Crippen molar-refractivity contribution in [2.45, 2.75) is 78.6 Å². The molecule has 2 heteroatoms. The largest absolute Gasteiger partial charge is 0.0840 e. The van der Waals surface area contributed by atoms with E-state index in [1.807, 2.05) is 6.07 Å². The molecule has 1 aromatic rings. The molecule has 0 aliphatic carbocycles. The summed E-state index contributed by atoms with van der Waals surface area (Å²) in [7, 11) is 0. The third kappa shape index (κ3) is 3.52. The molecule has 1 aromatic carbocycles. The predicted molar refractivity (Wildman–Crippen MR) is 92.6 cm³/mol. The predicted octanol–water partition coefficient (Wildman–Crippen LogP) is 6.89.